The van der Waals surface area contributed by atoms with Gasteiger partial charge in [0.05, 0.1) is 0 Å². The Labute approximate surface area is 143 Å². The van der Waals surface area contributed by atoms with Crippen molar-refractivity contribution in [3.63, 3.8) is 0 Å². The van der Waals surface area contributed by atoms with Gasteiger partial charge in [-0.05, 0) is 56.5 Å². The average Bonchev–Trinajstić information content (AvgIpc) is 2.49. The van der Waals surface area contributed by atoms with Crippen LogP contribution in [0.15, 0.2) is 29.8 Å². The van der Waals surface area contributed by atoms with Crippen molar-refractivity contribution >= 4 is 23.2 Å². The van der Waals surface area contributed by atoms with Crippen LogP contribution in [0.2, 0.25) is 10.0 Å². The van der Waals surface area contributed by atoms with E-state index in [-0.39, 0.29) is 6.04 Å². The lowest BCUT2D eigenvalue weighted by Crippen LogP contribution is -2.36. The third-order valence-corrected chi connectivity index (χ3v) is 5.47. The molecule has 1 aliphatic carbocycles. The number of likely N-dealkylation sites (tertiary alicyclic amines) is 1. The molecule has 2 nitrogen and oxygen atoms in total. The van der Waals surface area contributed by atoms with Crippen molar-refractivity contribution in [2.45, 2.75) is 44.1 Å². The van der Waals surface area contributed by atoms with Crippen LogP contribution >= 0.6 is 23.2 Å². The number of allylic oxidation sites excluding steroid dienone is 1. The highest BCUT2D eigenvalue weighted by Crippen LogP contribution is 2.36. The second kappa shape index (κ2) is 7.35. The molecule has 1 fully saturated rings. The van der Waals surface area contributed by atoms with Gasteiger partial charge in [0, 0.05) is 28.5 Å². The predicted molar refractivity (Wildman–Crippen MR) is 94.8 cm³/mol. The first kappa shape index (κ1) is 16.3. The molecule has 1 aromatic rings. The summed E-state index contributed by atoms with van der Waals surface area (Å²) in [4.78, 5) is 2.57. The van der Waals surface area contributed by atoms with Crippen LogP contribution in [-0.2, 0) is 0 Å². The number of nitrogens with two attached hydrogens (primary N) is 1. The van der Waals surface area contributed by atoms with E-state index in [1.54, 1.807) is 0 Å². The molecule has 0 spiro atoms. The highest BCUT2D eigenvalue weighted by Gasteiger charge is 2.26. The normalized spacial score (nSPS) is 26.8. The summed E-state index contributed by atoms with van der Waals surface area (Å²) < 4.78 is 0. The topological polar surface area (TPSA) is 29.3 Å². The van der Waals surface area contributed by atoms with Gasteiger partial charge in [-0.25, -0.2) is 0 Å². The molecule has 0 unspecified atom stereocenters. The van der Waals surface area contributed by atoms with Crippen LogP contribution in [0.4, 0.5) is 0 Å². The quantitative estimate of drug-likeness (QED) is 0.815. The fraction of sp³-hybridized carbons (Fsp3) is 0.556. The van der Waals surface area contributed by atoms with Crippen molar-refractivity contribution in [2.75, 3.05) is 19.6 Å². The van der Waals surface area contributed by atoms with Crippen LogP contribution in [-0.4, -0.2) is 30.6 Å². The van der Waals surface area contributed by atoms with Crippen LogP contribution in [0, 0.1) is 0 Å². The number of hydrogen-bond acceptors (Lipinski definition) is 2. The zero-order chi connectivity index (χ0) is 15.5. The molecule has 2 N–H and O–H groups in total. The van der Waals surface area contributed by atoms with Gasteiger partial charge < -0.3 is 5.73 Å². The smallest absolute Gasteiger partial charge is 0.0456 e. The molecule has 0 bridgehead atoms. The minimum Gasteiger partial charge on any atom is -0.327 e. The maximum Gasteiger partial charge on any atom is 0.0456 e. The Balaban J connectivity index is 1.67. The Bertz CT molecular complexity index is 550. The van der Waals surface area contributed by atoms with Crippen molar-refractivity contribution in [1.82, 2.24) is 4.90 Å². The van der Waals surface area contributed by atoms with E-state index in [1.807, 2.05) is 18.2 Å². The van der Waals surface area contributed by atoms with Crippen molar-refractivity contribution in [3.05, 3.63) is 45.5 Å². The fourth-order valence-electron chi connectivity index (χ4n) is 3.69. The van der Waals surface area contributed by atoms with Crippen molar-refractivity contribution in [2.24, 2.45) is 5.73 Å². The molecule has 2 aliphatic rings. The lowest BCUT2D eigenvalue weighted by atomic mass is 9.80. The van der Waals surface area contributed by atoms with Crippen LogP contribution in [0.1, 0.15) is 43.6 Å². The molecular formula is C18H24Cl2N2. The first-order valence-electron chi connectivity index (χ1n) is 8.24. The van der Waals surface area contributed by atoms with Gasteiger partial charge in [-0.1, -0.05) is 47.3 Å². The molecule has 4 heteroatoms. The molecule has 0 saturated carbocycles. The van der Waals surface area contributed by atoms with E-state index in [0.29, 0.717) is 10.9 Å². The second-order valence-corrected chi connectivity index (χ2v) is 7.42. The van der Waals surface area contributed by atoms with E-state index >= 15 is 0 Å². The van der Waals surface area contributed by atoms with Gasteiger partial charge >= 0.3 is 0 Å². The van der Waals surface area contributed by atoms with Gasteiger partial charge in [0.1, 0.15) is 0 Å². The summed E-state index contributed by atoms with van der Waals surface area (Å²) >= 11 is 12.3. The summed E-state index contributed by atoms with van der Waals surface area (Å²) in [5.41, 5.74) is 9.09. The molecule has 1 heterocycles. The Kier molecular flexibility index (Phi) is 5.46. The fourth-order valence-corrected chi connectivity index (χ4v) is 4.24. The van der Waals surface area contributed by atoms with Crippen molar-refractivity contribution in [1.29, 1.82) is 0 Å². The van der Waals surface area contributed by atoms with Gasteiger partial charge in [0.15, 0.2) is 0 Å². The summed E-state index contributed by atoms with van der Waals surface area (Å²) in [7, 11) is 0. The maximum absolute atomic E-state index is 6.46. The number of halogens is 2. The van der Waals surface area contributed by atoms with Crippen LogP contribution in [0.5, 0.6) is 0 Å². The van der Waals surface area contributed by atoms with Gasteiger partial charge in [0.2, 0.25) is 0 Å². The third-order valence-electron chi connectivity index (χ3n) is 4.91. The largest absolute Gasteiger partial charge is 0.327 e. The third kappa shape index (κ3) is 3.86. The molecule has 2 atom stereocenters. The highest BCUT2D eigenvalue weighted by molar-refractivity contribution is 6.35. The average molecular weight is 339 g/mol. The van der Waals surface area contributed by atoms with Gasteiger partial charge in [-0.2, -0.15) is 0 Å². The van der Waals surface area contributed by atoms with Gasteiger partial charge in [0.25, 0.3) is 0 Å². The minimum atomic E-state index is 0.142. The Morgan fingerprint density at radius 3 is 2.59 bits per heavy atom. The highest BCUT2D eigenvalue weighted by atomic mass is 35.5. The molecule has 1 aliphatic heterocycles. The number of rotatable bonds is 3. The first-order valence-corrected chi connectivity index (χ1v) is 9.00. The summed E-state index contributed by atoms with van der Waals surface area (Å²) in [5.74, 6) is 0.301. The second-order valence-electron chi connectivity index (χ2n) is 6.58. The van der Waals surface area contributed by atoms with E-state index in [2.05, 4.69) is 11.0 Å². The Morgan fingerprint density at radius 1 is 1.14 bits per heavy atom. The lowest BCUT2D eigenvalue weighted by Gasteiger charge is -2.33. The molecule has 0 amide bonds. The predicted octanol–water partition coefficient (Wildman–Crippen LogP) is 4.61. The van der Waals surface area contributed by atoms with Crippen LogP contribution in [0.3, 0.4) is 0 Å². The molecular weight excluding hydrogens is 315 g/mol. The lowest BCUT2D eigenvalue weighted by molar-refractivity contribution is 0.242. The Hall–Kier alpha value is -0.540. The van der Waals surface area contributed by atoms with E-state index in [0.717, 1.165) is 30.0 Å². The SMILES string of the molecule is N[C@@H]1CC(CN2CCCCC2)=CC[C@@H]1c1ccc(Cl)cc1Cl. The molecule has 3 rings (SSSR count). The minimum absolute atomic E-state index is 0.142. The molecule has 120 valence electrons. The summed E-state index contributed by atoms with van der Waals surface area (Å²) in [6.07, 6.45) is 8.39. The Morgan fingerprint density at radius 2 is 1.91 bits per heavy atom. The van der Waals surface area contributed by atoms with E-state index in [4.69, 9.17) is 28.9 Å². The number of hydrogen-bond donors (Lipinski definition) is 1. The molecule has 1 aromatic carbocycles. The van der Waals surface area contributed by atoms with Crippen LogP contribution < -0.4 is 5.73 Å². The number of piperidine rings is 1. The zero-order valence-corrected chi connectivity index (χ0v) is 14.4. The van der Waals surface area contributed by atoms with Crippen molar-refractivity contribution < 1.29 is 0 Å². The standard InChI is InChI=1S/C18H24Cl2N2/c19-14-5-7-15(17(20)11-14)16-6-4-13(10-18(16)21)12-22-8-2-1-3-9-22/h4-5,7,11,16,18H,1-3,6,8-10,12,21H2/t16-,18-/m1/s1. The molecule has 1 saturated heterocycles. The monoisotopic (exact) mass is 338 g/mol. The van der Waals surface area contributed by atoms with E-state index in [9.17, 15) is 0 Å². The van der Waals surface area contributed by atoms with Gasteiger partial charge in [-0.3, -0.25) is 4.90 Å². The molecule has 0 radical (unpaired) electrons. The van der Waals surface area contributed by atoms with E-state index < -0.39 is 0 Å². The van der Waals surface area contributed by atoms with Crippen molar-refractivity contribution in [3.8, 4) is 0 Å². The maximum atomic E-state index is 6.46. The number of benzene rings is 1. The summed E-state index contributed by atoms with van der Waals surface area (Å²) in [5, 5.41) is 1.42. The molecule has 22 heavy (non-hydrogen) atoms. The van der Waals surface area contributed by atoms with Crippen LogP contribution in [0.25, 0.3) is 0 Å². The molecule has 0 aromatic heterocycles. The summed E-state index contributed by atoms with van der Waals surface area (Å²) in [6.45, 7) is 3.56. The van der Waals surface area contributed by atoms with E-state index in [1.165, 1.54) is 37.9 Å². The summed E-state index contributed by atoms with van der Waals surface area (Å²) in [6, 6.07) is 5.89. The van der Waals surface area contributed by atoms with Gasteiger partial charge in [-0.15, -0.1) is 0 Å². The number of nitrogens with zero attached hydrogens (tertiary/aromatic N) is 1. The first-order chi connectivity index (χ1) is 10.6. The zero-order valence-electron chi connectivity index (χ0n) is 12.9.